The van der Waals surface area contributed by atoms with E-state index in [1.165, 1.54) is 0 Å². The van der Waals surface area contributed by atoms with E-state index in [1.807, 2.05) is 30.3 Å². The lowest BCUT2D eigenvalue weighted by molar-refractivity contribution is 0.620. The molecule has 0 bridgehead atoms. The van der Waals surface area contributed by atoms with Gasteiger partial charge < -0.3 is 4.42 Å². The molecule has 0 unspecified atom stereocenters. The van der Waals surface area contributed by atoms with Gasteiger partial charge in [0.2, 0.25) is 11.6 Å². The molecule has 3 aromatic rings. The molecule has 3 rings (SSSR count). The lowest BCUT2D eigenvalue weighted by Crippen LogP contribution is -1.96. The van der Waals surface area contributed by atoms with Crippen molar-refractivity contribution < 1.29 is 4.42 Å². The summed E-state index contributed by atoms with van der Waals surface area (Å²) in [7, 11) is 0. The van der Waals surface area contributed by atoms with Gasteiger partial charge in [-0.3, -0.25) is 5.43 Å². The summed E-state index contributed by atoms with van der Waals surface area (Å²) in [6, 6.07) is 18.2. The summed E-state index contributed by atoms with van der Waals surface area (Å²) in [5.74, 6) is 0.495. The first-order chi connectivity index (χ1) is 10.8. The molecule has 0 aliphatic heterocycles. The van der Waals surface area contributed by atoms with Gasteiger partial charge in [0.05, 0.1) is 5.69 Å². The number of fused-ring (bicyclic) bond motifs is 1. The zero-order valence-electron chi connectivity index (χ0n) is 11.3. The average Bonchev–Trinajstić information content (AvgIpc) is 3.01. The summed E-state index contributed by atoms with van der Waals surface area (Å²) in [6.45, 7) is 0. The number of nitrogens with zero attached hydrogens (tertiary/aromatic N) is 4. The van der Waals surface area contributed by atoms with Crippen molar-refractivity contribution in [2.75, 3.05) is 5.43 Å². The van der Waals surface area contributed by atoms with Crippen molar-refractivity contribution >= 4 is 22.5 Å². The number of hydrogen-bond donors (Lipinski definition) is 1. The van der Waals surface area contributed by atoms with E-state index in [-0.39, 0.29) is 5.71 Å². The van der Waals surface area contributed by atoms with E-state index in [0.717, 1.165) is 5.56 Å². The van der Waals surface area contributed by atoms with Gasteiger partial charge in [0, 0.05) is 5.56 Å². The molecule has 0 aliphatic rings. The van der Waals surface area contributed by atoms with Crippen molar-refractivity contribution in [3.05, 3.63) is 48.5 Å². The van der Waals surface area contributed by atoms with E-state index >= 15 is 0 Å². The molecular formula is C16H9N5O. The quantitative estimate of drug-likeness (QED) is 0.588. The van der Waals surface area contributed by atoms with E-state index < -0.39 is 0 Å². The van der Waals surface area contributed by atoms with Gasteiger partial charge in [-0.2, -0.15) is 15.6 Å². The molecule has 0 spiro atoms. The SMILES string of the molecule is N#CC(C#N)=NNc1cccc2oc(-c3ccccc3)nc12. The largest absolute Gasteiger partial charge is 0.436 e. The molecule has 0 atom stereocenters. The smallest absolute Gasteiger partial charge is 0.237 e. The third-order valence-electron chi connectivity index (χ3n) is 2.94. The maximum absolute atomic E-state index is 8.69. The van der Waals surface area contributed by atoms with Gasteiger partial charge in [0.25, 0.3) is 0 Å². The number of nitrogens with one attached hydrogen (secondary N) is 1. The van der Waals surface area contributed by atoms with Crippen LogP contribution in [0.3, 0.4) is 0 Å². The van der Waals surface area contributed by atoms with Crippen molar-refractivity contribution in [2.45, 2.75) is 0 Å². The fourth-order valence-electron chi connectivity index (χ4n) is 1.93. The summed E-state index contributed by atoms with van der Waals surface area (Å²) in [5.41, 5.74) is 5.02. The second-order valence-corrected chi connectivity index (χ2v) is 4.33. The summed E-state index contributed by atoms with van der Waals surface area (Å²) in [6.07, 6.45) is 0. The number of hydrazone groups is 1. The predicted octanol–water partition coefficient (Wildman–Crippen LogP) is 3.31. The third-order valence-corrected chi connectivity index (χ3v) is 2.94. The Morgan fingerprint density at radius 2 is 1.82 bits per heavy atom. The number of nitriles is 2. The second kappa shape index (κ2) is 5.78. The Hall–Kier alpha value is -3.64. The molecule has 0 amide bonds. The van der Waals surface area contributed by atoms with Crippen molar-refractivity contribution in [1.82, 2.24) is 4.98 Å². The summed E-state index contributed by atoms with van der Waals surface area (Å²) < 4.78 is 5.72. The van der Waals surface area contributed by atoms with E-state index in [2.05, 4.69) is 15.5 Å². The summed E-state index contributed by atoms with van der Waals surface area (Å²) >= 11 is 0. The summed E-state index contributed by atoms with van der Waals surface area (Å²) in [4.78, 5) is 4.45. The average molecular weight is 287 g/mol. The van der Waals surface area contributed by atoms with Crippen molar-refractivity contribution in [3.63, 3.8) is 0 Å². The maximum Gasteiger partial charge on any atom is 0.237 e. The number of benzene rings is 2. The Kier molecular flexibility index (Phi) is 3.51. The molecule has 0 saturated heterocycles. The number of anilines is 1. The first-order valence-corrected chi connectivity index (χ1v) is 6.40. The summed E-state index contributed by atoms with van der Waals surface area (Å²) in [5, 5.41) is 21.1. The van der Waals surface area contributed by atoms with Crippen LogP contribution in [0, 0.1) is 22.7 Å². The minimum atomic E-state index is -0.260. The van der Waals surface area contributed by atoms with Crippen LogP contribution in [0.5, 0.6) is 0 Å². The van der Waals surface area contributed by atoms with E-state index in [1.54, 1.807) is 30.3 Å². The first kappa shape index (κ1) is 13.3. The Labute approximate surface area is 125 Å². The molecule has 2 aromatic carbocycles. The lowest BCUT2D eigenvalue weighted by Gasteiger charge is -1.98. The number of aromatic nitrogens is 1. The topological polar surface area (TPSA) is 98.0 Å². The van der Waals surface area contributed by atoms with Crippen molar-refractivity contribution in [3.8, 4) is 23.6 Å². The van der Waals surface area contributed by atoms with E-state index in [0.29, 0.717) is 22.7 Å². The molecule has 1 heterocycles. The first-order valence-electron chi connectivity index (χ1n) is 6.40. The highest BCUT2D eigenvalue weighted by Crippen LogP contribution is 2.28. The van der Waals surface area contributed by atoms with Gasteiger partial charge >= 0.3 is 0 Å². The van der Waals surface area contributed by atoms with Crippen LogP contribution in [0.4, 0.5) is 5.69 Å². The van der Waals surface area contributed by atoms with Gasteiger partial charge in [-0.05, 0) is 24.3 Å². The van der Waals surface area contributed by atoms with Crippen LogP contribution in [0.2, 0.25) is 0 Å². The van der Waals surface area contributed by atoms with Gasteiger partial charge in [-0.25, -0.2) is 4.98 Å². The number of para-hydroxylation sites is 1. The monoisotopic (exact) mass is 287 g/mol. The molecule has 1 N–H and O–H groups in total. The zero-order valence-corrected chi connectivity index (χ0v) is 11.3. The zero-order chi connectivity index (χ0) is 15.4. The molecule has 1 aromatic heterocycles. The maximum atomic E-state index is 8.69. The van der Waals surface area contributed by atoms with Gasteiger partial charge in [0.1, 0.15) is 17.7 Å². The standard InChI is InChI=1S/C16H9N5O/c17-9-12(10-18)20-21-13-7-4-8-14-15(13)19-16(22-14)11-5-2-1-3-6-11/h1-8,21H. The minimum absolute atomic E-state index is 0.260. The van der Waals surface area contributed by atoms with Gasteiger partial charge in [0.15, 0.2) is 5.58 Å². The molecule has 0 saturated carbocycles. The Morgan fingerprint density at radius 1 is 1.05 bits per heavy atom. The van der Waals surface area contributed by atoms with Crippen LogP contribution in [-0.2, 0) is 0 Å². The highest BCUT2D eigenvalue weighted by Gasteiger charge is 2.11. The molecule has 0 fully saturated rings. The molecule has 104 valence electrons. The van der Waals surface area contributed by atoms with Crippen LogP contribution in [0.15, 0.2) is 58.0 Å². The molecule has 6 nitrogen and oxygen atoms in total. The minimum Gasteiger partial charge on any atom is -0.436 e. The van der Waals surface area contributed by atoms with Crippen LogP contribution in [-0.4, -0.2) is 10.7 Å². The normalized spacial score (nSPS) is 9.73. The number of oxazole rings is 1. The van der Waals surface area contributed by atoms with E-state index in [4.69, 9.17) is 14.9 Å². The lowest BCUT2D eigenvalue weighted by atomic mass is 10.2. The Balaban J connectivity index is 2.03. The third kappa shape index (κ3) is 2.49. The predicted molar refractivity (Wildman–Crippen MR) is 81.7 cm³/mol. The molecule has 0 radical (unpaired) electrons. The van der Waals surface area contributed by atoms with Crippen LogP contribution >= 0.6 is 0 Å². The Bertz CT molecular complexity index is 913. The fraction of sp³-hybridized carbons (Fsp3) is 0. The van der Waals surface area contributed by atoms with Crippen LogP contribution < -0.4 is 5.43 Å². The molecule has 0 aliphatic carbocycles. The highest BCUT2D eigenvalue weighted by atomic mass is 16.3. The molecule has 22 heavy (non-hydrogen) atoms. The fourth-order valence-corrected chi connectivity index (χ4v) is 1.93. The van der Waals surface area contributed by atoms with E-state index in [9.17, 15) is 0 Å². The van der Waals surface area contributed by atoms with Gasteiger partial charge in [-0.1, -0.05) is 24.3 Å². The number of rotatable bonds is 3. The van der Waals surface area contributed by atoms with Crippen LogP contribution in [0.25, 0.3) is 22.6 Å². The second-order valence-electron chi connectivity index (χ2n) is 4.33. The van der Waals surface area contributed by atoms with Crippen LogP contribution in [0.1, 0.15) is 0 Å². The van der Waals surface area contributed by atoms with Crippen molar-refractivity contribution in [1.29, 1.82) is 10.5 Å². The Morgan fingerprint density at radius 3 is 2.55 bits per heavy atom. The van der Waals surface area contributed by atoms with Crippen molar-refractivity contribution in [2.24, 2.45) is 5.10 Å². The highest BCUT2D eigenvalue weighted by molar-refractivity contribution is 6.10. The molecular weight excluding hydrogens is 278 g/mol. The number of hydrogen-bond acceptors (Lipinski definition) is 6. The van der Waals surface area contributed by atoms with Gasteiger partial charge in [-0.15, -0.1) is 0 Å². The molecule has 6 heteroatoms.